The Hall–Kier alpha value is -2.67. The van der Waals surface area contributed by atoms with Gasteiger partial charge in [-0.05, 0) is 24.3 Å². The van der Waals surface area contributed by atoms with Crippen molar-refractivity contribution < 1.29 is 19.6 Å². The number of nitrogens with zero attached hydrogens (tertiary/aromatic N) is 1. The molecule has 6 nitrogen and oxygen atoms in total. The fraction of sp³-hybridized carbons (Fsp3) is 0. The molecule has 0 unspecified atom stereocenters. The number of rotatable bonds is 2. The summed E-state index contributed by atoms with van der Waals surface area (Å²) in [6.07, 6.45) is 3.44. The molecule has 0 saturated heterocycles. The lowest BCUT2D eigenvalue weighted by atomic mass is 10.1. The van der Waals surface area contributed by atoms with Gasteiger partial charge in [0.15, 0.2) is 0 Å². The number of carbonyl (C=O) groups is 1. The number of carboxylic acid groups (broad SMARTS) is 1. The summed E-state index contributed by atoms with van der Waals surface area (Å²) in [4.78, 5) is 21.5. The predicted octanol–water partition coefficient (Wildman–Crippen LogP) is 4.33. The second-order valence-corrected chi connectivity index (χ2v) is 5.50. The Morgan fingerprint density at radius 1 is 1.14 bits per heavy atom. The number of carboxylic acids is 1. The zero-order valence-electron chi connectivity index (χ0n) is 10.9. The van der Waals surface area contributed by atoms with Gasteiger partial charge < -0.3 is 9.84 Å². The third-order valence-corrected chi connectivity index (χ3v) is 3.68. The van der Waals surface area contributed by atoms with E-state index in [9.17, 15) is 14.9 Å². The van der Waals surface area contributed by atoms with Crippen molar-refractivity contribution in [2.24, 2.45) is 0 Å². The van der Waals surface area contributed by atoms with E-state index in [0.717, 1.165) is 16.1 Å². The van der Waals surface area contributed by atoms with Crippen molar-refractivity contribution in [1.29, 1.82) is 0 Å². The maximum atomic E-state index is 11.2. The standard InChI is InChI=1S/C15H8BrNO5/c16-10-3-4-13-8(5-10)1-2-9-6-11(15(18)19)12(17(20)21)7-14(9)22-13/h1-7H,(H,18,19). The van der Waals surface area contributed by atoms with Gasteiger partial charge in [0.05, 0.1) is 11.0 Å². The highest BCUT2D eigenvalue weighted by Gasteiger charge is 2.24. The van der Waals surface area contributed by atoms with Gasteiger partial charge in [-0.25, -0.2) is 4.79 Å². The number of benzene rings is 2. The monoisotopic (exact) mass is 361 g/mol. The molecule has 0 saturated carbocycles. The van der Waals surface area contributed by atoms with Crippen LogP contribution in [0.5, 0.6) is 11.5 Å². The lowest BCUT2D eigenvalue weighted by Crippen LogP contribution is -2.04. The zero-order chi connectivity index (χ0) is 15.9. The molecular weight excluding hydrogens is 354 g/mol. The van der Waals surface area contributed by atoms with E-state index in [1.165, 1.54) is 6.07 Å². The second kappa shape index (κ2) is 5.27. The number of nitro benzene ring substituents is 1. The summed E-state index contributed by atoms with van der Waals surface area (Å²) in [7, 11) is 0. The minimum absolute atomic E-state index is 0.244. The third-order valence-electron chi connectivity index (χ3n) is 3.19. The summed E-state index contributed by atoms with van der Waals surface area (Å²) in [5.74, 6) is -0.572. The number of aromatic carboxylic acids is 1. The molecule has 0 bridgehead atoms. The van der Waals surface area contributed by atoms with Crippen LogP contribution in [0.3, 0.4) is 0 Å². The molecule has 0 atom stereocenters. The van der Waals surface area contributed by atoms with E-state index >= 15 is 0 Å². The number of nitro groups is 1. The quantitative estimate of drug-likeness (QED) is 0.541. The van der Waals surface area contributed by atoms with E-state index in [4.69, 9.17) is 9.84 Å². The summed E-state index contributed by atoms with van der Waals surface area (Å²) >= 11 is 3.36. The van der Waals surface area contributed by atoms with Crippen molar-refractivity contribution in [3.63, 3.8) is 0 Å². The molecule has 1 aliphatic heterocycles. The lowest BCUT2D eigenvalue weighted by Gasteiger charge is -2.10. The fourth-order valence-corrected chi connectivity index (χ4v) is 2.55. The van der Waals surface area contributed by atoms with Crippen LogP contribution in [0.4, 0.5) is 5.69 Å². The summed E-state index contributed by atoms with van der Waals surface area (Å²) in [6.45, 7) is 0. The Kier molecular flexibility index (Phi) is 3.42. The lowest BCUT2D eigenvalue weighted by molar-refractivity contribution is -0.385. The molecule has 2 aromatic rings. The van der Waals surface area contributed by atoms with E-state index in [1.807, 2.05) is 6.07 Å². The van der Waals surface area contributed by atoms with E-state index in [2.05, 4.69) is 15.9 Å². The number of hydrogen-bond donors (Lipinski definition) is 1. The Morgan fingerprint density at radius 3 is 2.45 bits per heavy atom. The molecule has 0 aromatic heterocycles. The first-order valence-electron chi connectivity index (χ1n) is 6.17. The van der Waals surface area contributed by atoms with Crippen molar-refractivity contribution in [3.05, 3.63) is 61.6 Å². The number of ether oxygens (including phenoxy) is 1. The predicted molar refractivity (Wildman–Crippen MR) is 83.2 cm³/mol. The van der Waals surface area contributed by atoms with Crippen LogP contribution in [0.25, 0.3) is 12.2 Å². The molecule has 0 aliphatic carbocycles. The molecule has 1 aliphatic rings. The second-order valence-electron chi connectivity index (χ2n) is 4.59. The van der Waals surface area contributed by atoms with Gasteiger partial charge in [-0.3, -0.25) is 10.1 Å². The molecule has 0 radical (unpaired) electrons. The van der Waals surface area contributed by atoms with Crippen molar-refractivity contribution in [3.8, 4) is 11.5 Å². The van der Waals surface area contributed by atoms with E-state index in [0.29, 0.717) is 11.3 Å². The van der Waals surface area contributed by atoms with Crippen LogP contribution in [0.15, 0.2) is 34.8 Å². The minimum Gasteiger partial charge on any atom is -0.477 e. The van der Waals surface area contributed by atoms with Crippen molar-refractivity contribution in [2.75, 3.05) is 0 Å². The third kappa shape index (κ3) is 2.46. The van der Waals surface area contributed by atoms with Gasteiger partial charge in [0.2, 0.25) is 0 Å². The van der Waals surface area contributed by atoms with Crippen molar-refractivity contribution in [1.82, 2.24) is 0 Å². The molecule has 1 N–H and O–H groups in total. The highest BCUT2D eigenvalue weighted by Crippen LogP contribution is 2.38. The van der Waals surface area contributed by atoms with E-state index in [1.54, 1.807) is 24.3 Å². The van der Waals surface area contributed by atoms with Gasteiger partial charge in [0, 0.05) is 15.6 Å². The van der Waals surface area contributed by atoms with E-state index in [-0.39, 0.29) is 11.3 Å². The Morgan fingerprint density at radius 2 is 1.82 bits per heavy atom. The Bertz CT molecular complexity index is 844. The zero-order valence-corrected chi connectivity index (χ0v) is 12.5. The van der Waals surface area contributed by atoms with Gasteiger partial charge in [-0.1, -0.05) is 28.1 Å². The Balaban J connectivity index is 2.19. The topological polar surface area (TPSA) is 89.7 Å². The van der Waals surface area contributed by atoms with Gasteiger partial charge >= 0.3 is 5.97 Å². The molecule has 7 heteroatoms. The van der Waals surface area contributed by atoms with Crippen LogP contribution in [0, 0.1) is 10.1 Å². The maximum absolute atomic E-state index is 11.2. The van der Waals surface area contributed by atoms with Crippen molar-refractivity contribution in [2.45, 2.75) is 0 Å². The first-order chi connectivity index (χ1) is 10.5. The highest BCUT2D eigenvalue weighted by molar-refractivity contribution is 9.10. The van der Waals surface area contributed by atoms with Crippen molar-refractivity contribution >= 4 is 39.7 Å². The summed E-state index contributed by atoms with van der Waals surface area (Å²) in [5, 5.41) is 20.2. The summed E-state index contributed by atoms with van der Waals surface area (Å²) < 4.78 is 6.57. The smallest absolute Gasteiger partial charge is 0.342 e. The number of halogens is 1. The SMILES string of the molecule is O=C(O)c1cc2c(cc1[N+](=O)[O-])Oc1ccc(Br)cc1C=C2. The average molecular weight is 362 g/mol. The maximum Gasteiger partial charge on any atom is 0.342 e. The number of fused-ring (bicyclic) bond motifs is 2. The first-order valence-corrected chi connectivity index (χ1v) is 6.96. The molecular formula is C15H8BrNO5. The molecule has 22 heavy (non-hydrogen) atoms. The van der Waals surface area contributed by atoms with Gasteiger partial charge in [-0.2, -0.15) is 0 Å². The minimum atomic E-state index is -1.35. The van der Waals surface area contributed by atoms with Crippen LogP contribution < -0.4 is 4.74 Å². The van der Waals surface area contributed by atoms with Crippen LogP contribution in [-0.2, 0) is 0 Å². The van der Waals surface area contributed by atoms with Gasteiger partial charge in [-0.15, -0.1) is 0 Å². The fourth-order valence-electron chi connectivity index (χ4n) is 2.17. The highest BCUT2D eigenvalue weighted by atomic mass is 79.9. The van der Waals surface area contributed by atoms with E-state index < -0.39 is 16.6 Å². The molecule has 0 spiro atoms. The van der Waals surface area contributed by atoms with Crippen LogP contribution in [0.2, 0.25) is 0 Å². The summed E-state index contributed by atoms with van der Waals surface area (Å²) in [5.41, 5.74) is 0.379. The molecule has 2 aromatic carbocycles. The average Bonchev–Trinajstić information content (AvgIpc) is 2.64. The number of hydrogen-bond acceptors (Lipinski definition) is 4. The normalized spacial score (nSPS) is 11.9. The summed E-state index contributed by atoms with van der Waals surface area (Å²) in [6, 6.07) is 7.74. The van der Waals surface area contributed by atoms with Crippen LogP contribution >= 0.6 is 15.9 Å². The molecule has 0 amide bonds. The van der Waals surface area contributed by atoms with Crippen LogP contribution in [-0.4, -0.2) is 16.0 Å². The van der Waals surface area contributed by atoms with Crippen LogP contribution in [0.1, 0.15) is 21.5 Å². The van der Waals surface area contributed by atoms with Gasteiger partial charge in [0.25, 0.3) is 5.69 Å². The van der Waals surface area contributed by atoms with Gasteiger partial charge in [0.1, 0.15) is 17.1 Å². The molecule has 1 heterocycles. The Labute approximate surface area is 132 Å². The first kappa shape index (κ1) is 14.3. The largest absolute Gasteiger partial charge is 0.477 e. The molecule has 0 fully saturated rings. The molecule has 110 valence electrons. The molecule has 3 rings (SSSR count).